The minimum Gasteiger partial charge on any atom is -0.497 e. The Balaban J connectivity index is 1.89. The van der Waals surface area contributed by atoms with E-state index in [0.29, 0.717) is 18.6 Å². The summed E-state index contributed by atoms with van der Waals surface area (Å²) < 4.78 is 10.7. The van der Waals surface area contributed by atoms with Gasteiger partial charge in [-0.05, 0) is 41.7 Å². The highest BCUT2D eigenvalue weighted by atomic mass is 16.5. The van der Waals surface area contributed by atoms with E-state index in [2.05, 4.69) is 13.8 Å². The molecule has 30 heavy (non-hydrogen) atoms. The molecule has 0 spiro atoms. The Morgan fingerprint density at radius 2 is 1.60 bits per heavy atom. The summed E-state index contributed by atoms with van der Waals surface area (Å²) in [5.74, 6) is 1.25. The average Bonchev–Trinajstić information content (AvgIpc) is 2.72. The van der Waals surface area contributed by atoms with Crippen molar-refractivity contribution in [3.05, 3.63) is 65.4 Å². The fourth-order valence-electron chi connectivity index (χ4n) is 4.61. The maximum Gasteiger partial charge on any atom is 0.232 e. The molecule has 0 bridgehead atoms. The zero-order valence-corrected chi connectivity index (χ0v) is 17.9. The highest BCUT2D eigenvalue weighted by molar-refractivity contribution is 6.07. The Hall–Kier alpha value is -3.08. The molecule has 0 fully saturated rings. The van der Waals surface area contributed by atoms with Crippen LogP contribution in [0.25, 0.3) is 0 Å². The Labute approximate surface area is 177 Å². The number of hydrogen-bond donors (Lipinski definition) is 0. The Bertz CT molecular complexity index is 1040. The number of Topliss-reactive ketones (excluding diaryl/α,β-unsaturated/α-hetero) is 1. The first-order chi connectivity index (χ1) is 14.3. The summed E-state index contributed by atoms with van der Waals surface area (Å²) in [4.78, 5) is 28.5. The Morgan fingerprint density at radius 3 is 2.30 bits per heavy atom. The molecule has 2 aliphatic rings. The molecular weight excluding hydrogens is 378 g/mol. The van der Waals surface area contributed by atoms with E-state index in [1.807, 2.05) is 48.5 Å². The lowest BCUT2D eigenvalue weighted by atomic mass is 9.69. The summed E-state index contributed by atoms with van der Waals surface area (Å²) in [6.07, 6.45) is 1.39. The van der Waals surface area contributed by atoms with Gasteiger partial charge in [0.25, 0.3) is 0 Å². The molecule has 1 aliphatic heterocycles. The molecule has 2 aromatic rings. The van der Waals surface area contributed by atoms with E-state index in [0.717, 1.165) is 28.3 Å². The molecule has 0 saturated heterocycles. The van der Waals surface area contributed by atoms with Gasteiger partial charge >= 0.3 is 0 Å². The van der Waals surface area contributed by atoms with Gasteiger partial charge in [0.05, 0.1) is 19.9 Å². The van der Waals surface area contributed by atoms with Gasteiger partial charge in [0, 0.05) is 36.1 Å². The zero-order valence-electron chi connectivity index (χ0n) is 17.9. The van der Waals surface area contributed by atoms with Gasteiger partial charge in [-0.2, -0.15) is 0 Å². The first kappa shape index (κ1) is 20.2. The molecule has 0 radical (unpaired) electrons. The standard InChI is InChI=1S/C25H27NO4/c1-25(2)14-21-24(22(27)15-25)20(16-7-5-9-18(11-16)29-3)13-23(28)26(21)17-8-6-10-19(12-17)30-4/h5-12,20H,13-15H2,1-4H3. The average molecular weight is 405 g/mol. The number of ketones is 1. The van der Waals surface area contributed by atoms with Gasteiger partial charge in [0.15, 0.2) is 5.78 Å². The number of anilines is 1. The van der Waals surface area contributed by atoms with E-state index in [4.69, 9.17) is 9.47 Å². The molecule has 2 aromatic carbocycles. The maximum atomic E-state index is 13.4. The Kier molecular flexibility index (Phi) is 5.14. The lowest BCUT2D eigenvalue weighted by Crippen LogP contribution is -2.43. The summed E-state index contributed by atoms with van der Waals surface area (Å²) in [6.45, 7) is 4.16. The number of hydrogen-bond acceptors (Lipinski definition) is 4. The van der Waals surface area contributed by atoms with Crippen LogP contribution in [0.4, 0.5) is 5.69 Å². The van der Waals surface area contributed by atoms with Crippen LogP contribution in [0.3, 0.4) is 0 Å². The summed E-state index contributed by atoms with van der Waals surface area (Å²) in [5.41, 5.74) is 3.04. The van der Waals surface area contributed by atoms with Gasteiger partial charge in [-0.1, -0.05) is 32.0 Å². The van der Waals surface area contributed by atoms with Gasteiger partial charge in [-0.15, -0.1) is 0 Å². The van der Waals surface area contributed by atoms with Crippen LogP contribution >= 0.6 is 0 Å². The third-order valence-corrected chi connectivity index (χ3v) is 5.95. The number of methoxy groups -OCH3 is 2. The summed E-state index contributed by atoms with van der Waals surface area (Å²) in [6, 6.07) is 15.1. The van der Waals surface area contributed by atoms with Crippen molar-refractivity contribution in [2.45, 2.75) is 39.0 Å². The minimum absolute atomic E-state index is 0.0136. The molecule has 0 N–H and O–H groups in total. The van der Waals surface area contributed by atoms with Gasteiger partial charge in [-0.25, -0.2) is 0 Å². The quantitative estimate of drug-likeness (QED) is 0.728. The maximum absolute atomic E-state index is 13.4. The van der Waals surface area contributed by atoms with Crippen molar-refractivity contribution in [2.24, 2.45) is 5.41 Å². The highest BCUT2D eigenvalue weighted by Crippen LogP contribution is 2.48. The molecular formula is C25H27NO4. The van der Waals surface area contributed by atoms with Crippen LogP contribution in [-0.4, -0.2) is 25.9 Å². The fourth-order valence-corrected chi connectivity index (χ4v) is 4.61. The van der Waals surface area contributed by atoms with Crippen molar-refractivity contribution in [1.29, 1.82) is 0 Å². The highest BCUT2D eigenvalue weighted by Gasteiger charge is 2.44. The third kappa shape index (κ3) is 3.60. The Morgan fingerprint density at radius 1 is 0.933 bits per heavy atom. The number of ether oxygens (including phenoxy) is 2. The first-order valence-corrected chi connectivity index (χ1v) is 10.2. The van der Waals surface area contributed by atoms with Crippen LogP contribution in [0.5, 0.6) is 11.5 Å². The lowest BCUT2D eigenvalue weighted by molar-refractivity contribution is -0.121. The second-order valence-corrected chi connectivity index (χ2v) is 8.77. The minimum atomic E-state index is -0.256. The van der Waals surface area contributed by atoms with Gasteiger partial charge < -0.3 is 9.47 Å². The number of rotatable bonds is 4. The summed E-state index contributed by atoms with van der Waals surface area (Å²) in [7, 11) is 3.22. The number of nitrogens with zero attached hydrogens (tertiary/aromatic N) is 1. The smallest absolute Gasteiger partial charge is 0.232 e. The second kappa shape index (κ2) is 7.63. The molecule has 5 heteroatoms. The van der Waals surface area contributed by atoms with Crippen molar-refractivity contribution in [3.63, 3.8) is 0 Å². The molecule has 0 aromatic heterocycles. The molecule has 0 saturated carbocycles. The van der Waals surface area contributed by atoms with Crippen LogP contribution in [0.1, 0.15) is 44.6 Å². The monoisotopic (exact) mass is 405 g/mol. The topological polar surface area (TPSA) is 55.8 Å². The van der Waals surface area contributed by atoms with Crippen LogP contribution in [0.2, 0.25) is 0 Å². The van der Waals surface area contributed by atoms with Crippen molar-refractivity contribution in [2.75, 3.05) is 19.1 Å². The number of carbonyl (C=O) groups excluding carboxylic acids is 2. The fraction of sp³-hybridized carbons (Fsp3) is 0.360. The predicted octanol–water partition coefficient (Wildman–Crippen LogP) is 4.87. The number of allylic oxidation sites excluding steroid dienone is 2. The second-order valence-electron chi connectivity index (χ2n) is 8.77. The van der Waals surface area contributed by atoms with Crippen LogP contribution in [0, 0.1) is 5.41 Å². The van der Waals surface area contributed by atoms with E-state index < -0.39 is 0 Å². The number of benzene rings is 2. The van der Waals surface area contributed by atoms with E-state index in [1.165, 1.54) is 0 Å². The molecule has 1 amide bonds. The van der Waals surface area contributed by atoms with Gasteiger partial charge in [0.2, 0.25) is 5.91 Å². The molecule has 1 aliphatic carbocycles. The van der Waals surface area contributed by atoms with Gasteiger partial charge in [0.1, 0.15) is 11.5 Å². The molecule has 4 rings (SSSR count). The molecule has 156 valence electrons. The van der Waals surface area contributed by atoms with Gasteiger partial charge in [-0.3, -0.25) is 14.5 Å². The van der Waals surface area contributed by atoms with Crippen LogP contribution in [0.15, 0.2) is 59.8 Å². The van der Waals surface area contributed by atoms with Crippen molar-refractivity contribution in [3.8, 4) is 11.5 Å². The zero-order chi connectivity index (χ0) is 21.5. The van der Waals surface area contributed by atoms with Crippen LogP contribution < -0.4 is 14.4 Å². The van der Waals surface area contributed by atoms with E-state index in [1.54, 1.807) is 19.1 Å². The van der Waals surface area contributed by atoms with E-state index >= 15 is 0 Å². The summed E-state index contributed by atoms with van der Waals surface area (Å²) in [5, 5.41) is 0. The first-order valence-electron chi connectivity index (χ1n) is 10.2. The normalized spacial score (nSPS) is 20.8. The predicted molar refractivity (Wildman–Crippen MR) is 116 cm³/mol. The number of carbonyl (C=O) groups is 2. The third-order valence-electron chi connectivity index (χ3n) is 5.95. The molecule has 1 atom stereocenters. The number of amides is 1. The molecule has 5 nitrogen and oxygen atoms in total. The lowest BCUT2D eigenvalue weighted by Gasteiger charge is -2.43. The van der Waals surface area contributed by atoms with Crippen molar-refractivity contribution >= 4 is 17.4 Å². The SMILES string of the molecule is COc1cccc(C2CC(=O)N(c3cccc(OC)c3)C3=C2C(=O)CC(C)(C)C3)c1. The molecule has 1 unspecified atom stereocenters. The molecule has 1 heterocycles. The van der Waals surface area contributed by atoms with Crippen molar-refractivity contribution in [1.82, 2.24) is 0 Å². The van der Waals surface area contributed by atoms with E-state index in [9.17, 15) is 9.59 Å². The largest absolute Gasteiger partial charge is 0.497 e. The van der Waals surface area contributed by atoms with Crippen LogP contribution in [-0.2, 0) is 9.59 Å². The van der Waals surface area contributed by atoms with Crippen molar-refractivity contribution < 1.29 is 19.1 Å². The van der Waals surface area contributed by atoms with E-state index in [-0.39, 0.29) is 29.4 Å². The summed E-state index contributed by atoms with van der Waals surface area (Å²) >= 11 is 0.